The molecule has 2 rings (SSSR count). The number of nitrogens with one attached hydrogen (secondary N) is 1. The van der Waals surface area contributed by atoms with Gasteiger partial charge in [-0.1, -0.05) is 38.1 Å². The zero-order valence-electron chi connectivity index (χ0n) is 10.8. The molecule has 2 nitrogen and oxygen atoms in total. The zero-order chi connectivity index (χ0) is 12.3. The zero-order valence-corrected chi connectivity index (χ0v) is 10.8. The van der Waals surface area contributed by atoms with Crippen molar-refractivity contribution in [2.75, 3.05) is 6.54 Å². The predicted molar refractivity (Wildman–Crippen MR) is 71.1 cm³/mol. The van der Waals surface area contributed by atoms with Crippen molar-refractivity contribution in [2.24, 2.45) is 0 Å². The van der Waals surface area contributed by atoms with Crippen LogP contribution in [0.15, 0.2) is 24.3 Å². The topological polar surface area (TPSA) is 32.3 Å². The lowest BCUT2D eigenvalue weighted by atomic mass is 9.99. The Kier molecular flexibility index (Phi) is 4.19. The Hall–Kier alpha value is -0.860. The van der Waals surface area contributed by atoms with Gasteiger partial charge in [-0.3, -0.25) is 0 Å². The monoisotopic (exact) mass is 233 g/mol. The molecular formula is C15H23NO. The van der Waals surface area contributed by atoms with E-state index in [-0.39, 0.29) is 6.10 Å². The molecule has 1 aliphatic rings. The summed E-state index contributed by atoms with van der Waals surface area (Å²) in [7, 11) is 0. The number of aliphatic hydroxyl groups excluding tert-OH is 1. The molecule has 0 spiro atoms. The second-order valence-electron chi connectivity index (χ2n) is 5.35. The van der Waals surface area contributed by atoms with Crippen LogP contribution in [0.2, 0.25) is 0 Å². The molecule has 0 aliphatic heterocycles. The Morgan fingerprint density at radius 2 is 1.76 bits per heavy atom. The van der Waals surface area contributed by atoms with Crippen LogP contribution in [0.25, 0.3) is 0 Å². The highest BCUT2D eigenvalue weighted by Gasteiger charge is 2.20. The van der Waals surface area contributed by atoms with E-state index in [9.17, 15) is 5.11 Å². The summed E-state index contributed by atoms with van der Waals surface area (Å²) in [6.07, 6.45) is 3.08. The van der Waals surface area contributed by atoms with Crippen LogP contribution in [-0.2, 0) is 0 Å². The smallest absolute Gasteiger partial charge is 0.0802 e. The van der Waals surface area contributed by atoms with Gasteiger partial charge < -0.3 is 10.4 Å². The Morgan fingerprint density at radius 1 is 1.18 bits per heavy atom. The first kappa shape index (κ1) is 12.6. The molecule has 1 aromatic carbocycles. The molecule has 1 unspecified atom stereocenters. The molecular weight excluding hydrogens is 210 g/mol. The van der Waals surface area contributed by atoms with Crippen molar-refractivity contribution >= 4 is 0 Å². The lowest BCUT2D eigenvalue weighted by Gasteiger charge is -2.13. The van der Waals surface area contributed by atoms with Gasteiger partial charge in [0.15, 0.2) is 0 Å². The van der Waals surface area contributed by atoms with E-state index in [0.29, 0.717) is 5.92 Å². The molecule has 94 valence electrons. The Morgan fingerprint density at radius 3 is 2.29 bits per heavy atom. The standard InChI is InChI=1S/C15H23NO/c1-11(2)12-3-5-13(6-4-12)15(17)9-10-16-14-7-8-14/h3-6,11,14-17H,7-10H2,1-2H3. The summed E-state index contributed by atoms with van der Waals surface area (Å²) < 4.78 is 0. The third-order valence-electron chi connectivity index (χ3n) is 3.42. The van der Waals surface area contributed by atoms with Gasteiger partial charge in [0.05, 0.1) is 6.10 Å². The quantitative estimate of drug-likeness (QED) is 0.791. The molecule has 2 N–H and O–H groups in total. The fraction of sp³-hybridized carbons (Fsp3) is 0.600. The molecule has 0 aromatic heterocycles. The number of hydrogen-bond acceptors (Lipinski definition) is 2. The number of aliphatic hydroxyl groups is 1. The van der Waals surface area contributed by atoms with Gasteiger partial charge in [0, 0.05) is 6.04 Å². The summed E-state index contributed by atoms with van der Waals surface area (Å²) in [6, 6.07) is 9.08. The number of rotatable bonds is 6. The van der Waals surface area contributed by atoms with E-state index in [1.54, 1.807) is 0 Å². The molecule has 1 aromatic rings. The van der Waals surface area contributed by atoms with Crippen molar-refractivity contribution in [2.45, 2.75) is 51.2 Å². The summed E-state index contributed by atoms with van der Waals surface area (Å²) in [5.41, 5.74) is 2.36. The summed E-state index contributed by atoms with van der Waals surface area (Å²) in [5.74, 6) is 0.553. The summed E-state index contributed by atoms with van der Waals surface area (Å²) in [6.45, 7) is 5.29. The third kappa shape index (κ3) is 3.83. The maximum Gasteiger partial charge on any atom is 0.0802 e. The van der Waals surface area contributed by atoms with E-state index < -0.39 is 0 Å². The van der Waals surface area contributed by atoms with E-state index in [0.717, 1.165) is 24.6 Å². The van der Waals surface area contributed by atoms with Crippen LogP contribution < -0.4 is 5.32 Å². The summed E-state index contributed by atoms with van der Waals surface area (Å²) >= 11 is 0. The molecule has 0 amide bonds. The molecule has 1 saturated carbocycles. The number of hydrogen-bond donors (Lipinski definition) is 2. The molecule has 17 heavy (non-hydrogen) atoms. The van der Waals surface area contributed by atoms with Gasteiger partial charge in [-0.15, -0.1) is 0 Å². The normalized spacial score (nSPS) is 17.4. The van der Waals surface area contributed by atoms with Crippen LogP contribution in [-0.4, -0.2) is 17.7 Å². The van der Waals surface area contributed by atoms with Crippen molar-refractivity contribution in [3.63, 3.8) is 0 Å². The number of benzene rings is 1. The largest absolute Gasteiger partial charge is 0.388 e. The van der Waals surface area contributed by atoms with Gasteiger partial charge in [0.25, 0.3) is 0 Å². The van der Waals surface area contributed by atoms with Crippen molar-refractivity contribution in [1.82, 2.24) is 5.32 Å². The highest BCUT2D eigenvalue weighted by Crippen LogP contribution is 2.22. The SMILES string of the molecule is CC(C)c1ccc(C(O)CCNC2CC2)cc1. The lowest BCUT2D eigenvalue weighted by molar-refractivity contribution is 0.166. The van der Waals surface area contributed by atoms with Gasteiger partial charge in [-0.25, -0.2) is 0 Å². The molecule has 2 heteroatoms. The van der Waals surface area contributed by atoms with Crippen LogP contribution in [0.3, 0.4) is 0 Å². The van der Waals surface area contributed by atoms with Gasteiger partial charge in [-0.05, 0) is 42.9 Å². The van der Waals surface area contributed by atoms with E-state index in [1.165, 1.54) is 18.4 Å². The van der Waals surface area contributed by atoms with E-state index >= 15 is 0 Å². The molecule has 0 bridgehead atoms. The highest BCUT2D eigenvalue weighted by molar-refractivity contribution is 5.26. The van der Waals surface area contributed by atoms with Crippen molar-refractivity contribution in [3.8, 4) is 0 Å². The fourth-order valence-electron chi connectivity index (χ4n) is 1.98. The third-order valence-corrected chi connectivity index (χ3v) is 3.42. The lowest BCUT2D eigenvalue weighted by Crippen LogP contribution is -2.19. The second kappa shape index (κ2) is 5.65. The van der Waals surface area contributed by atoms with Crippen LogP contribution in [0.5, 0.6) is 0 Å². The van der Waals surface area contributed by atoms with Gasteiger partial charge in [-0.2, -0.15) is 0 Å². The summed E-state index contributed by atoms with van der Waals surface area (Å²) in [5, 5.41) is 13.5. The minimum Gasteiger partial charge on any atom is -0.388 e. The fourth-order valence-corrected chi connectivity index (χ4v) is 1.98. The minimum absolute atomic E-state index is 0.331. The molecule has 1 aliphatic carbocycles. The van der Waals surface area contributed by atoms with Crippen molar-refractivity contribution in [3.05, 3.63) is 35.4 Å². The average Bonchev–Trinajstić information content (AvgIpc) is 3.13. The Balaban J connectivity index is 1.82. The second-order valence-corrected chi connectivity index (χ2v) is 5.35. The van der Waals surface area contributed by atoms with Crippen LogP contribution in [0.4, 0.5) is 0 Å². The van der Waals surface area contributed by atoms with Crippen LogP contribution in [0, 0.1) is 0 Å². The average molecular weight is 233 g/mol. The van der Waals surface area contributed by atoms with Crippen LogP contribution in [0.1, 0.15) is 56.3 Å². The van der Waals surface area contributed by atoms with Gasteiger partial charge in [0.2, 0.25) is 0 Å². The molecule has 0 radical (unpaired) electrons. The van der Waals surface area contributed by atoms with Crippen LogP contribution >= 0.6 is 0 Å². The molecule has 0 heterocycles. The molecule has 0 saturated heterocycles. The van der Waals surface area contributed by atoms with E-state index in [1.807, 2.05) is 0 Å². The summed E-state index contributed by atoms with van der Waals surface area (Å²) in [4.78, 5) is 0. The first-order chi connectivity index (χ1) is 8.16. The van der Waals surface area contributed by atoms with Gasteiger partial charge >= 0.3 is 0 Å². The predicted octanol–water partition coefficient (Wildman–Crippen LogP) is 2.99. The minimum atomic E-state index is -0.331. The van der Waals surface area contributed by atoms with E-state index in [4.69, 9.17) is 0 Å². The van der Waals surface area contributed by atoms with Crippen molar-refractivity contribution in [1.29, 1.82) is 0 Å². The maximum atomic E-state index is 10.0. The van der Waals surface area contributed by atoms with Crippen molar-refractivity contribution < 1.29 is 5.11 Å². The molecule has 1 atom stereocenters. The first-order valence-corrected chi connectivity index (χ1v) is 6.68. The van der Waals surface area contributed by atoms with Gasteiger partial charge in [0.1, 0.15) is 0 Å². The first-order valence-electron chi connectivity index (χ1n) is 6.68. The van der Waals surface area contributed by atoms with E-state index in [2.05, 4.69) is 43.4 Å². The Labute approximate surface area is 104 Å². The Bertz CT molecular complexity index is 340. The molecule has 1 fully saturated rings. The maximum absolute atomic E-state index is 10.0. The highest BCUT2D eigenvalue weighted by atomic mass is 16.3.